The third-order valence-electron chi connectivity index (χ3n) is 3.73. The summed E-state index contributed by atoms with van der Waals surface area (Å²) in [5.41, 5.74) is 4.11. The number of hydrogen-bond donors (Lipinski definition) is 3. The van der Waals surface area contributed by atoms with Gasteiger partial charge in [0.1, 0.15) is 0 Å². The van der Waals surface area contributed by atoms with Crippen LogP contribution in [0.4, 0.5) is 10.5 Å². The average molecular weight is 263 g/mol. The van der Waals surface area contributed by atoms with Crippen LogP contribution in [0.15, 0.2) is 54.7 Å². The molecule has 2 aromatic carbocycles. The van der Waals surface area contributed by atoms with Crippen molar-refractivity contribution in [2.24, 2.45) is 0 Å². The average Bonchev–Trinajstić information content (AvgIpc) is 2.90. The lowest BCUT2D eigenvalue weighted by atomic mass is 9.95. The molecule has 20 heavy (non-hydrogen) atoms. The molecule has 0 saturated heterocycles. The van der Waals surface area contributed by atoms with Crippen LogP contribution >= 0.6 is 0 Å². The molecule has 4 nitrogen and oxygen atoms in total. The summed E-state index contributed by atoms with van der Waals surface area (Å²) in [6, 6.07) is 15.7. The largest absolute Gasteiger partial charge is 0.361 e. The van der Waals surface area contributed by atoms with E-state index in [0.29, 0.717) is 0 Å². The third kappa shape index (κ3) is 1.58. The lowest BCUT2D eigenvalue weighted by molar-refractivity contribution is 0.249. The molecule has 0 aliphatic carbocycles. The van der Waals surface area contributed by atoms with Crippen molar-refractivity contribution in [1.82, 2.24) is 10.3 Å². The molecule has 0 spiro atoms. The van der Waals surface area contributed by atoms with Crippen molar-refractivity contribution in [3.8, 4) is 0 Å². The number of nitrogens with one attached hydrogen (secondary N) is 3. The molecule has 1 aliphatic heterocycles. The van der Waals surface area contributed by atoms with E-state index in [2.05, 4.69) is 21.7 Å². The van der Waals surface area contributed by atoms with E-state index >= 15 is 0 Å². The minimum atomic E-state index is -0.168. The van der Waals surface area contributed by atoms with Crippen LogP contribution in [-0.4, -0.2) is 11.0 Å². The topological polar surface area (TPSA) is 56.9 Å². The molecule has 0 radical (unpaired) electrons. The first kappa shape index (κ1) is 11.1. The third-order valence-corrected chi connectivity index (χ3v) is 3.73. The fourth-order valence-electron chi connectivity index (χ4n) is 2.81. The summed E-state index contributed by atoms with van der Waals surface area (Å²) in [6.45, 7) is 0. The van der Waals surface area contributed by atoms with Crippen molar-refractivity contribution >= 4 is 22.6 Å². The van der Waals surface area contributed by atoms with Gasteiger partial charge in [-0.3, -0.25) is 0 Å². The van der Waals surface area contributed by atoms with Gasteiger partial charge in [-0.15, -0.1) is 0 Å². The Morgan fingerprint density at radius 3 is 2.65 bits per heavy atom. The quantitative estimate of drug-likeness (QED) is 0.619. The number of para-hydroxylation sites is 2. The predicted octanol–water partition coefficient (Wildman–Crippen LogP) is 3.39. The first-order valence-electron chi connectivity index (χ1n) is 6.55. The molecule has 3 N–H and O–H groups in total. The normalized spacial score (nSPS) is 17.4. The first-order valence-corrected chi connectivity index (χ1v) is 6.55. The number of carbonyl (C=O) groups excluding carboxylic acids is 1. The second-order valence-electron chi connectivity index (χ2n) is 4.91. The molecule has 1 atom stereocenters. The van der Waals surface area contributed by atoms with Crippen molar-refractivity contribution < 1.29 is 4.79 Å². The summed E-state index contributed by atoms with van der Waals surface area (Å²) < 4.78 is 0. The van der Waals surface area contributed by atoms with Crippen LogP contribution in [0.1, 0.15) is 17.2 Å². The maximum atomic E-state index is 11.8. The van der Waals surface area contributed by atoms with Gasteiger partial charge in [-0.05, 0) is 12.1 Å². The summed E-state index contributed by atoms with van der Waals surface area (Å²) in [7, 11) is 0. The molecule has 0 fully saturated rings. The molecule has 4 rings (SSSR count). The smallest absolute Gasteiger partial charge is 0.320 e. The summed E-state index contributed by atoms with van der Waals surface area (Å²) in [4.78, 5) is 15.1. The number of anilines is 1. The summed E-state index contributed by atoms with van der Waals surface area (Å²) in [5, 5.41) is 6.97. The Kier molecular flexibility index (Phi) is 2.29. The molecule has 1 aromatic heterocycles. The monoisotopic (exact) mass is 263 g/mol. The number of H-pyrrole nitrogens is 1. The van der Waals surface area contributed by atoms with Gasteiger partial charge in [0.15, 0.2) is 0 Å². The van der Waals surface area contributed by atoms with Crippen LogP contribution in [-0.2, 0) is 0 Å². The maximum absolute atomic E-state index is 11.8. The number of carbonyl (C=O) groups is 1. The minimum Gasteiger partial charge on any atom is -0.361 e. The van der Waals surface area contributed by atoms with E-state index in [9.17, 15) is 4.79 Å². The van der Waals surface area contributed by atoms with Gasteiger partial charge in [-0.25, -0.2) is 4.79 Å². The maximum Gasteiger partial charge on any atom is 0.320 e. The summed E-state index contributed by atoms with van der Waals surface area (Å²) in [6.07, 6.45) is 1.97. The van der Waals surface area contributed by atoms with Gasteiger partial charge >= 0.3 is 6.03 Å². The van der Waals surface area contributed by atoms with Crippen molar-refractivity contribution in [1.29, 1.82) is 0 Å². The van der Waals surface area contributed by atoms with Gasteiger partial charge in [0.25, 0.3) is 0 Å². The van der Waals surface area contributed by atoms with E-state index in [1.54, 1.807) is 0 Å². The number of rotatable bonds is 1. The highest BCUT2D eigenvalue weighted by atomic mass is 16.2. The Bertz CT molecular complexity index is 806. The molecule has 1 unspecified atom stereocenters. The van der Waals surface area contributed by atoms with Crippen molar-refractivity contribution in [2.45, 2.75) is 6.04 Å². The zero-order chi connectivity index (χ0) is 13.5. The van der Waals surface area contributed by atoms with Crippen LogP contribution < -0.4 is 10.6 Å². The molecule has 2 heterocycles. The van der Waals surface area contributed by atoms with Crippen molar-refractivity contribution in [3.63, 3.8) is 0 Å². The van der Waals surface area contributed by atoms with E-state index in [1.807, 2.05) is 48.7 Å². The Labute approximate surface area is 115 Å². The second kappa shape index (κ2) is 4.13. The molecule has 98 valence electrons. The van der Waals surface area contributed by atoms with Crippen LogP contribution in [0.5, 0.6) is 0 Å². The van der Waals surface area contributed by atoms with Gasteiger partial charge < -0.3 is 15.6 Å². The SMILES string of the molecule is O=C1Nc2ccccc2C(c2c[nH]c3ccccc23)N1. The number of hydrogen-bond acceptors (Lipinski definition) is 1. The highest BCUT2D eigenvalue weighted by Gasteiger charge is 2.26. The van der Waals surface area contributed by atoms with Crippen LogP contribution in [0.3, 0.4) is 0 Å². The van der Waals surface area contributed by atoms with Crippen molar-refractivity contribution in [2.75, 3.05) is 5.32 Å². The van der Waals surface area contributed by atoms with Gasteiger partial charge in [-0.1, -0.05) is 36.4 Å². The van der Waals surface area contributed by atoms with Gasteiger partial charge in [-0.2, -0.15) is 0 Å². The molecule has 0 bridgehead atoms. The van der Waals surface area contributed by atoms with Crippen LogP contribution in [0.25, 0.3) is 10.9 Å². The summed E-state index contributed by atoms with van der Waals surface area (Å²) >= 11 is 0. The minimum absolute atomic E-state index is 0.129. The molecule has 3 aromatic rings. The Morgan fingerprint density at radius 1 is 0.900 bits per heavy atom. The molecule has 0 saturated carbocycles. The van der Waals surface area contributed by atoms with E-state index in [4.69, 9.17) is 0 Å². The highest BCUT2D eigenvalue weighted by molar-refractivity contribution is 5.95. The van der Waals surface area contributed by atoms with Crippen LogP contribution in [0, 0.1) is 0 Å². The second-order valence-corrected chi connectivity index (χ2v) is 4.91. The standard InChI is InChI=1S/C16H13N3O/c20-16-18-14-8-4-2-6-11(14)15(19-16)12-9-17-13-7-3-1-5-10(12)13/h1-9,15,17H,(H2,18,19,20). The zero-order valence-electron chi connectivity index (χ0n) is 10.7. The molecule has 2 amide bonds. The fraction of sp³-hybridized carbons (Fsp3) is 0.0625. The predicted molar refractivity (Wildman–Crippen MR) is 78.7 cm³/mol. The molecular weight excluding hydrogens is 250 g/mol. The van der Waals surface area contributed by atoms with E-state index < -0.39 is 0 Å². The highest BCUT2D eigenvalue weighted by Crippen LogP contribution is 2.34. The van der Waals surface area contributed by atoms with Crippen molar-refractivity contribution in [3.05, 3.63) is 65.9 Å². The lowest BCUT2D eigenvalue weighted by Crippen LogP contribution is -2.38. The van der Waals surface area contributed by atoms with E-state index in [0.717, 1.165) is 27.7 Å². The van der Waals surface area contributed by atoms with Gasteiger partial charge in [0.05, 0.1) is 6.04 Å². The van der Waals surface area contributed by atoms with E-state index in [1.165, 1.54) is 0 Å². The number of aromatic amines is 1. The van der Waals surface area contributed by atoms with Gasteiger partial charge in [0.2, 0.25) is 0 Å². The molecule has 4 heteroatoms. The Hall–Kier alpha value is -2.75. The fourth-order valence-corrected chi connectivity index (χ4v) is 2.81. The number of urea groups is 1. The first-order chi connectivity index (χ1) is 9.83. The Morgan fingerprint density at radius 2 is 1.70 bits per heavy atom. The number of amides is 2. The molecule has 1 aliphatic rings. The number of aromatic nitrogens is 1. The number of benzene rings is 2. The Balaban J connectivity index is 1.92. The van der Waals surface area contributed by atoms with Crippen LogP contribution in [0.2, 0.25) is 0 Å². The zero-order valence-corrected chi connectivity index (χ0v) is 10.7. The molecular formula is C16H13N3O. The lowest BCUT2D eigenvalue weighted by Gasteiger charge is -2.27. The number of fused-ring (bicyclic) bond motifs is 2. The van der Waals surface area contributed by atoms with E-state index in [-0.39, 0.29) is 12.1 Å². The summed E-state index contributed by atoms with van der Waals surface area (Å²) in [5.74, 6) is 0. The van der Waals surface area contributed by atoms with Gasteiger partial charge in [0, 0.05) is 33.9 Å².